The van der Waals surface area contributed by atoms with Gasteiger partial charge >= 0.3 is 26.8 Å². The summed E-state index contributed by atoms with van der Waals surface area (Å²) in [7, 11) is -14.8. The van der Waals surface area contributed by atoms with E-state index in [1.807, 2.05) is 99.6 Å². The number of thioether (sulfide) groups is 1. The molecule has 6 aromatic rings. The number of nitrogens with one attached hydrogen (secondary N) is 1. The van der Waals surface area contributed by atoms with Gasteiger partial charge in [-0.25, -0.2) is 17.8 Å². The number of nitrogens with zero attached hydrogens (tertiary/aromatic N) is 5. The number of phosphoric acid groups is 1. The molecule has 24 heteroatoms. The highest BCUT2D eigenvalue weighted by Crippen LogP contribution is 2.55. The summed E-state index contributed by atoms with van der Waals surface area (Å²) in [5, 5.41) is 14.1. The van der Waals surface area contributed by atoms with Gasteiger partial charge in [-0.2, -0.15) is 13.2 Å². The van der Waals surface area contributed by atoms with Crippen molar-refractivity contribution in [3.63, 3.8) is 0 Å². The van der Waals surface area contributed by atoms with Crippen molar-refractivity contribution in [1.82, 2.24) is 9.47 Å². The van der Waals surface area contributed by atoms with E-state index in [0.29, 0.717) is 99.2 Å². The van der Waals surface area contributed by atoms with Gasteiger partial charge < -0.3 is 44.0 Å². The monoisotopic (exact) mass is 1210 g/mol. The standard InChI is InChI=1S/C57H66ClF3N6O10P2S2/c1-39(2)67-40(3)53(56(68)69)54(55(67)42-13-15-44(58)16-14-42)43-9-7-10-48(35-43)65-32-30-64(31-33-65)46-17-19-47(20-18-46)66-26-8-34-76-78(66,70)49-21-22-51(52(36-49)81(74,75)57(59,60)61)62-45(38-80-50-11-5-4-6-12-50)25-29-63-27-23-41(24-28-63)37-77-79(71,72)73/h4-7,9-22,35-36,39,41,45,62H,8,23-34,37-38H2,1-3H3,(H,68,69)(H2,71,72,73)/t45-,78-/m1/s1. The Bertz CT molecular complexity index is 3390. The lowest BCUT2D eigenvalue weighted by atomic mass is 9.96. The van der Waals surface area contributed by atoms with Gasteiger partial charge in [0.2, 0.25) is 0 Å². The zero-order valence-corrected chi connectivity index (χ0v) is 49.2. The highest BCUT2D eigenvalue weighted by atomic mass is 35.5. The molecule has 3 fully saturated rings. The number of likely N-dealkylation sites (tertiary alicyclic amines) is 1. The molecule has 0 unspecified atom stereocenters. The molecule has 9 rings (SSSR count). The van der Waals surface area contributed by atoms with Crippen LogP contribution in [0.15, 0.2) is 131 Å². The first kappa shape index (κ1) is 60.3. The van der Waals surface area contributed by atoms with Crippen molar-refractivity contribution < 1.29 is 59.5 Å². The number of hydrogen-bond acceptors (Lipinski definition) is 12. The normalized spacial score (nSPS) is 18.4. The summed E-state index contributed by atoms with van der Waals surface area (Å²) in [6.45, 7) is 10.3. The minimum Gasteiger partial charge on any atom is -0.478 e. The molecule has 0 saturated carbocycles. The maximum atomic E-state index is 15.3. The van der Waals surface area contributed by atoms with E-state index in [0.717, 1.165) is 39.2 Å². The van der Waals surface area contributed by atoms with Gasteiger partial charge in [0.05, 0.1) is 35.5 Å². The molecular weight excluding hydrogens is 1150 g/mol. The largest absolute Gasteiger partial charge is 0.501 e. The van der Waals surface area contributed by atoms with E-state index < -0.39 is 47.6 Å². The van der Waals surface area contributed by atoms with Crippen molar-refractivity contribution >= 4 is 82.6 Å². The third kappa shape index (κ3) is 13.9. The Kier molecular flexibility index (Phi) is 18.8. The maximum absolute atomic E-state index is 15.3. The number of rotatable bonds is 20. The van der Waals surface area contributed by atoms with Crippen molar-refractivity contribution in [1.29, 1.82) is 0 Å². The minimum absolute atomic E-state index is 0.0295. The van der Waals surface area contributed by atoms with E-state index in [1.54, 1.807) is 24.3 Å². The van der Waals surface area contributed by atoms with E-state index in [1.165, 1.54) is 28.6 Å². The van der Waals surface area contributed by atoms with E-state index in [4.69, 9.17) is 30.4 Å². The number of anilines is 4. The Hall–Kier alpha value is -5.31. The van der Waals surface area contributed by atoms with Crippen LogP contribution < -0.4 is 25.1 Å². The third-order valence-corrected chi connectivity index (χ3v) is 21.1. The minimum atomic E-state index is -6.00. The second-order valence-corrected chi connectivity index (χ2v) is 27.8. The van der Waals surface area contributed by atoms with Crippen LogP contribution in [0.5, 0.6) is 0 Å². The lowest BCUT2D eigenvalue weighted by Gasteiger charge is -2.39. The van der Waals surface area contributed by atoms with Crippen LogP contribution in [-0.4, -0.2) is 122 Å². The quantitative estimate of drug-likeness (QED) is 0.0416. The number of sulfone groups is 1. The fourth-order valence-electron chi connectivity index (χ4n) is 11.0. The van der Waals surface area contributed by atoms with Crippen LogP contribution in [0.3, 0.4) is 0 Å². The number of hydrogen-bond donors (Lipinski definition) is 4. The van der Waals surface area contributed by atoms with Gasteiger partial charge in [-0.05, 0) is 155 Å². The molecule has 0 spiro atoms. The summed E-state index contributed by atoms with van der Waals surface area (Å²) in [6.07, 6.45) is 2.10. The number of alkyl halides is 3. The van der Waals surface area contributed by atoms with Crippen LogP contribution in [0.4, 0.5) is 35.9 Å². The van der Waals surface area contributed by atoms with Crippen molar-refractivity contribution in [3.05, 3.63) is 138 Å². The molecule has 3 aliphatic heterocycles. The van der Waals surface area contributed by atoms with Crippen LogP contribution >= 0.6 is 38.7 Å². The van der Waals surface area contributed by atoms with E-state index >= 15 is 4.57 Å². The second-order valence-electron chi connectivity index (χ2n) is 20.8. The summed E-state index contributed by atoms with van der Waals surface area (Å²) in [5.41, 5.74) is 0.284. The Balaban J connectivity index is 0.919. The Morgan fingerprint density at radius 2 is 1.51 bits per heavy atom. The summed E-state index contributed by atoms with van der Waals surface area (Å²) in [6, 6.07) is 35.0. The molecule has 0 bridgehead atoms. The molecule has 0 amide bonds. The van der Waals surface area contributed by atoms with Gasteiger partial charge in [-0.3, -0.25) is 13.8 Å². The highest BCUT2D eigenvalue weighted by Gasteiger charge is 2.49. The Labute approximate surface area is 479 Å². The Morgan fingerprint density at radius 1 is 0.852 bits per heavy atom. The smallest absolute Gasteiger partial charge is 0.478 e. The number of carboxylic acids is 1. The molecule has 4 heterocycles. The van der Waals surface area contributed by atoms with Crippen LogP contribution in [0, 0.1) is 12.8 Å². The topological polar surface area (TPSA) is 194 Å². The van der Waals surface area contributed by atoms with Gasteiger partial charge in [0.15, 0.2) is 0 Å². The zero-order valence-electron chi connectivity index (χ0n) is 45.0. The molecule has 3 aliphatic rings. The summed E-state index contributed by atoms with van der Waals surface area (Å²) >= 11 is 7.74. The van der Waals surface area contributed by atoms with Crippen molar-refractivity contribution in [3.8, 4) is 22.4 Å². The first-order valence-corrected chi connectivity index (χ1v) is 32.8. The summed E-state index contributed by atoms with van der Waals surface area (Å²) in [5.74, 6) is -0.708. The number of halogens is 4. The van der Waals surface area contributed by atoms with Crippen molar-refractivity contribution in [2.24, 2.45) is 5.92 Å². The first-order valence-electron chi connectivity index (χ1n) is 26.8. The van der Waals surface area contributed by atoms with E-state index in [9.17, 15) is 36.1 Å². The van der Waals surface area contributed by atoms with E-state index in [-0.39, 0.29) is 48.3 Å². The number of benzene rings is 5. The first-order chi connectivity index (χ1) is 38.5. The average Bonchev–Trinajstić information content (AvgIpc) is 3.94. The SMILES string of the molecule is Cc1c(C(=O)O)c(-c2cccc(N3CCN(c4ccc(N5CCCO[P@]5(=O)c5ccc(N[C@H](CCN6CCC(COP(=O)(O)O)CC6)CSc6ccccc6)c(S(=O)(=O)C(F)(F)F)c5)cc4)CC3)c2)c(-c2ccc(Cl)cc2)n1C(C)C. The van der Waals surface area contributed by atoms with Crippen LogP contribution in [0.2, 0.25) is 5.02 Å². The van der Waals surface area contributed by atoms with Gasteiger partial charge in [0.25, 0.3) is 9.84 Å². The summed E-state index contributed by atoms with van der Waals surface area (Å²) in [4.78, 5) is 37.7. The molecule has 3 saturated heterocycles. The second kappa shape index (κ2) is 25.3. The maximum Gasteiger partial charge on any atom is 0.501 e. The van der Waals surface area contributed by atoms with Crippen LogP contribution in [0.1, 0.15) is 61.6 Å². The van der Waals surface area contributed by atoms with Gasteiger partial charge in [0, 0.05) is 95.3 Å². The Morgan fingerprint density at radius 3 is 2.14 bits per heavy atom. The molecule has 434 valence electrons. The number of aromatic carboxylic acids is 1. The molecule has 1 aromatic heterocycles. The number of carboxylic acid groups (broad SMARTS) is 1. The molecule has 0 aliphatic carbocycles. The number of aromatic nitrogens is 1. The molecule has 16 nitrogen and oxygen atoms in total. The molecule has 81 heavy (non-hydrogen) atoms. The average molecular weight is 1210 g/mol. The van der Waals surface area contributed by atoms with Crippen molar-refractivity contribution in [2.75, 3.05) is 91.1 Å². The zero-order chi connectivity index (χ0) is 57.9. The van der Waals surface area contributed by atoms with Crippen LogP contribution in [-0.2, 0) is 28.0 Å². The van der Waals surface area contributed by atoms with Crippen LogP contribution in [0.25, 0.3) is 22.4 Å². The fourth-order valence-corrected chi connectivity index (χ4v) is 15.9. The molecule has 5 aromatic carbocycles. The van der Waals surface area contributed by atoms with E-state index in [2.05, 4.69) is 24.6 Å². The van der Waals surface area contributed by atoms with Gasteiger partial charge in [-0.1, -0.05) is 54.1 Å². The molecular formula is C57H66ClF3N6O10P2S2. The third-order valence-electron chi connectivity index (χ3n) is 15.1. The number of phosphoric ester groups is 1. The number of piperazine rings is 1. The molecule has 4 N–H and O–H groups in total. The van der Waals surface area contributed by atoms with Gasteiger partial charge in [0.1, 0.15) is 4.90 Å². The fraction of sp³-hybridized carbons (Fsp3) is 0.386. The molecule has 0 radical (unpaired) electrons. The predicted octanol–water partition coefficient (Wildman–Crippen LogP) is 12.2. The highest BCUT2D eigenvalue weighted by molar-refractivity contribution is 7.99. The molecule has 2 atom stereocenters. The predicted molar refractivity (Wildman–Crippen MR) is 314 cm³/mol. The summed E-state index contributed by atoms with van der Waals surface area (Å²) < 4.78 is 112. The van der Waals surface area contributed by atoms with Crippen molar-refractivity contribution in [2.45, 2.75) is 73.8 Å². The lowest BCUT2D eigenvalue weighted by molar-refractivity contribution is -0.0435. The lowest BCUT2D eigenvalue weighted by Crippen LogP contribution is -2.46. The number of carbonyl (C=O) groups is 1. The number of piperidine rings is 1. The van der Waals surface area contributed by atoms with Gasteiger partial charge in [-0.15, -0.1) is 11.8 Å².